The van der Waals surface area contributed by atoms with Crippen LogP contribution in [0.2, 0.25) is 0 Å². The van der Waals surface area contributed by atoms with Crippen LogP contribution in [0, 0.1) is 5.41 Å². The second-order valence-electron chi connectivity index (χ2n) is 5.37. The third-order valence-corrected chi connectivity index (χ3v) is 4.32. The van der Waals surface area contributed by atoms with Gasteiger partial charge in [0.15, 0.2) is 0 Å². The molecule has 1 nitrogen and oxygen atoms in total. The van der Waals surface area contributed by atoms with Crippen LogP contribution in [0.4, 0.5) is 0 Å². The molecule has 0 radical (unpaired) electrons. The van der Waals surface area contributed by atoms with Crippen molar-refractivity contribution in [2.45, 2.75) is 56.9 Å². The van der Waals surface area contributed by atoms with Gasteiger partial charge in [-0.2, -0.15) is 0 Å². The summed E-state index contributed by atoms with van der Waals surface area (Å²) in [6.45, 7) is 1.34. The molecule has 0 unspecified atom stereocenters. The van der Waals surface area contributed by atoms with Crippen molar-refractivity contribution >= 4 is 0 Å². The van der Waals surface area contributed by atoms with Crippen molar-refractivity contribution in [3.8, 4) is 0 Å². The average Bonchev–Trinajstić information content (AvgIpc) is 2.75. The van der Waals surface area contributed by atoms with Gasteiger partial charge in [0, 0.05) is 12.1 Å². The Bertz CT molecular complexity index is 187. The summed E-state index contributed by atoms with van der Waals surface area (Å²) in [4.78, 5) is 0. The Morgan fingerprint density at radius 3 is 2.17 bits per heavy atom. The van der Waals surface area contributed by atoms with Crippen molar-refractivity contribution in [3.05, 3.63) is 0 Å². The van der Waals surface area contributed by atoms with Gasteiger partial charge < -0.3 is 5.32 Å². The van der Waals surface area contributed by atoms with E-state index in [0.29, 0.717) is 5.54 Å². The highest BCUT2D eigenvalue weighted by atomic mass is 15.1. The number of rotatable bonds is 0. The van der Waals surface area contributed by atoms with E-state index in [-0.39, 0.29) is 0 Å². The molecule has 2 saturated carbocycles. The zero-order valence-electron chi connectivity index (χ0n) is 7.86. The Kier molecular flexibility index (Phi) is 1.39. The standard InChI is InChI=1S/C11H19N/c1-2-4-10(5-3-1)8-11(6-7-11)12-9-10/h12H,1-9H2. The first kappa shape index (κ1) is 7.37. The molecule has 0 bridgehead atoms. The van der Waals surface area contributed by atoms with E-state index in [1.54, 1.807) is 0 Å². The molecular formula is C11H19N. The molecular weight excluding hydrogens is 146 g/mol. The Morgan fingerprint density at radius 2 is 1.58 bits per heavy atom. The van der Waals surface area contributed by atoms with Crippen molar-refractivity contribution in [1.29, 1.82) is 0 Å². The van der Waals surface area contributed by atoms with Gasteiger partial charge in [-0.05, 0) is 37.5 Å². The molecule has 1 heteroatoms. The highest BCUT2D eigenvalue weighted by Gasteiger charge is 2.54. The first-order valence-corrected chi connectivity index (χ1v) is 5.58. The first-order chi connectivity index (χ1) is 5.83. The van der Waals surface area contributed by atoms with Crippen LogP contribution < -0.4 is 5.32 Å². The first-order valence-electron chi connectivity index (χ1n) is 5.58. The summed E-state index contributed by atoms with van der Waals surface area (Å²) in [6.07, 6.45) is 12.0. The van der Waals surface area contributed by atoms with Gasteiger partial charge in [0.05, 0.1) is 0 Å². The van der Waals surface area contributed by atoms with Gasteiger partial charge >= 0.3 is 0 Å². The van der Waals surface area contributed by atoms with E-state index >= 15 is 0 Å². The summed E-state index contributed by atoms with van der Waals surface area (Å²) in [7, 11) is 0. The SMILES string of the molecule is C1CCC2(CC1)CNC1(CC1)C2. The summed E-state index contributed by atoms with van der Waals surface area (Å²) in [5.74, 6) is 0. The second kappa shape index (κ2) is 2.25. The molecule has 3 rings (SSSR count). The smallest absolute Gasteiger partial charge is 0.0188 e. The predicted octanol–water partition coefficient (Wildman–Crippen LogP) is 2.46. The van der Waals surface area contributed by atoms with Gasteiger partial charge in [0.1, 0.15) is 0 Å². The Morgan fingerprint density at radius 1 is 0.833 bits per heavy atom. The lowest BCUT2D eigenvalue weighted by Gasteiger charge is -2.32. The number of hydrogen-bond donors (Lipinski definition) is 1. The van der Waals surface area contributed by atoms with E-state index in [1.165, 1.54) is 57.9 Å². The van der Waals surface area contributed by atoms with Crippen LogP contribution in [0.1, 0.15) is 51.4 Å². The van der Waals surface area contributed by atoms with Gasteiger partial charge in [-0.1, -0.05) is 19.3 Å². The van der Waals surface area contributed by atoms with E-state index in [4.69, 9.17) is 0 Å². The molecule has 0 aromatic rings. The zero-order valence-corrected chi connectivity index (χ0v) is 7.86. The van der Waals surface area contributed by atoms with Crippen LogP contribution in [0.25, 0.3) is 0 Å². The van der Waals surface area contributed by atoms with Gasteiger partial charge in [0.25, 0.3) is 0 Å². The summed E-state index contributed by atoms with van der Waals surface area (Å²) in [5.41, 5.74) is 1.42. The van der Waals surface area contributed by atoms with Crippen LogP contribution in [0.3, 0.4) is 0 Å². The van der Waals surface area contributed by atoms with E-state index in [1.807, 2.05) is 0 Å². The summed E-state index contributed by atoms with van der Waals surface area (Å²) in [5, 5.41) is 3.77. The third-order valence-electron chi connectivity index (χ3n) is 4.32. The summed E-state index contributed by atoms with van der Waals surface area (Å²) in [6, 6.07) is 0. The van der Waals surface area contributed by atoms with Crippen LogP contribution in [-0.2, 0) is 0 Å². The molecule has 0 amide bonds. The predicted molar refractivity (Wildman–Crippen MR) is 50.1 cm³/mol. The minimum Gasteiger partial charge on any atom is -0.311 e. The van der Waals surface area contributed by atoms with Crippen molar-refractivity contribution < 1.29 is 0 Å². The Hall–Kier alpha value is -0.0400. The van der Waals surface area contributed by atoms with Gasteiger partial charge in [0.2, 0.25) is 0 Å². The van der Waals surface area contributed by atoms with E-state index in [2.05, 4.69) is 5.32 Å². The van der Waals surface area contributed by atoms with E-state index in [0.717, 1.165) is 5.41 Å². The highest BCUT2D eigenvalue weighted by Crippen LogP contribution is 2.54. The fraction of sp³-hybridized carbons (Fsp3) is 1.00. The molecule has 1 aliphatic heterocycles. The third kappa shape index (κ3) is 1.02. The average molecular weight is 165 g/mol. The lowest BCUT2D eigenvalue weighted by Crippen LogP contribution is -2.26. The molecule has 1 heterocycles. The van der Waals surface area contributed by atoms with E-state index < -0.39 is 0 Å². The van der Waals surface area contributed by atoms with Crippen molar-refractivity contribution in [3.63, 3.8) is 0 Å². The monoisotopic (exact) mass is 165 g/mol. The highest BCUT2D eigenvalue weighted by molar-refractivity contribution is 5.12. The van der Waals surface area contributed by atoms with Crippen LogP contribution in [0.15, 0.2) is 0 Å². The Labute approximate surface area is 74.9 Å². The molecule has 68 valence electrons. The number of nitrogens with one attached hydrogen (secondary N) is 1. The maximum absolute atomic E-state index is 3.77. The molecule has 3 fully saturated rings. The second-order valence-corrected chi connectivity index (χ2v) is 5.37. The minimum atomic E-state index is 0.664. The van der Waals surface area contributed by atoms with Crippen LogP contribution in [0.5, 0.6) is 0 Å². The number of hydrogen-bond acceptors (Lipinski definition) is 1. The maximum atomic E-state index is 3.77. The minimum absolute atomic E-state index is 0.664. The van der Waals surface area contributed by atoms with Gasteiger partial charge in [-0.3, -0.25) is 0 Å². The van der Waals surface area contributed by atoms with Crippen LogP contribution >= 0.6 is 0 Å². The molecule has 0 atom stereocenters. The molecule has 2 aliphatic carbocycles. The topological polar surface area (TPSA) is 12.0 Å². The Balaban J connectivity index is 1.74. The summed E-state index contributed by atoms with van der Waals surface area (Å²) < 4.78 is 0. The molecule has 0 aromatic carbocycles. The lowest BCUT2D eigenvalue weighted by molar-refractivity contribution is 0.210. The lowest BCUT2D eigenvalue weighted by atomic mass is 9.72. The maximum Gasteiger partial charge on any atom is 0.0188 e. The van der Waals surface area contributed by atoms with Crippen molar-refractivity contribution in [1.82, 2.24) is 5.32 Å². The zero-order chi connectivity index (χ0) is 8.07. The fourth-order valence-corrected chi connectivity index (χ4v) is 3.38. The largest absolute Gasteiger partial charge is 0.311 e. The fourth-order valence-electron chi connectivity index (χ4n) is 3.38. The van der Waals surface area contributed by atoms with E-state index in [9.17, 15) is 0 Å². The molecule has 1 N–H and O–H groups in total. The molecule has 12 heavy (non-hydrogen) atoms. The molecule has 2 spiro atoms. The molecule has 3 aliphatic rings. The molecule has 0 aromatic heterocycles. The van der Waals surface area contributed by atoms with Crippen molar-refractivity contribution in [2.75, 3.05) is 6.54 Å². The summed E-state index contributed by atoms with van der Waals surface area (Å²) >= 11 is 0. The molecule has 1 saturated heterocycles. The van der Waals surface area contributed by atoms with Crippen molar-refractivity contribution in [2.24, 2.45) is 5.41 Å². The normalized spacial score (nSPS) is 36.0. The quantitative estimate of drug-likeness (QED) is 0.581. The van der Waals surface area contributed by atoms with Gasteiger partial charge in [-0.25, -0.2) is 0 Å². The van der Waals surface area contributed by atoms with Crippen LogP contribution in [-0.4, -0.2) is 12.1 Å². The van der Waals surface area contributed by atoms with Gasteiger partial charge in [-0.15, -0.1) is 0 Å².